The largest absolute Gasteiger partial charge is 0.480 e. The van der Waals surface area contributed by atoms with Crippen molar-refractivity contribution < 1.29 is 14.7 Å². The van der Waals surface area contributed by atoms with Gasteiger partial charge in [-0.25, -0.2) is 4.79 Å². The summed E-state index contributed by atoms with van der Waals surface area (Å²) in [4.78, 5) is 23.0. The van der Waals surface area contributed by atoms with E-state index < -0.39 is 11.5 Å². The molecule has 0 aromatic heterocycles. The normalized spacial score (nSPS) is 31.8. The maximum atomic E-state index is 11.9. The molecule has 1 aliphatic heterocycles. The fourth-order valence-corrected chi connectivity index (χ4v) is 2.42. The van der Waals surface area contributed by atoms with E-state index in [1.54, 1.807) is 0 Å². The summed E-state index contributed by atoms with van der Waals surface area (Å²) in [6.45, 7) is 2.85. The van der Waals surface area contributed by atoms with Gasteiger partial charge in [-0.1, -0.05) is 6.92 Å². The number of carbonyl (C=O) groups is 2. The summed E-state index contributed by atoms with van der Waals surface area (Å²) in [6, 6.07) is -0.225. The lowest BCUT2D eigenvalue weighted by molar-refractivity contribution is -0.152. The molecule has 0 radical (unpaired) electrons. The van der Waals surface area contributed by atoms with Crippen molar-refractivity contribution in [1.29, 1.82) is 0 Å². The van der Waals surface area contributed by atoms with Crippen LogP contribution < -0.4 is 10.6 Å². The van der Waals surface area contributed by atoms with Gasteiger partial charge in [0.05, 0.1) is 6.04 Å². The number of carboxylic acids is 1. The summed E-state index contributed by atoms with van der Waals surface area (Å²) in [5, 5.41) is 14.9. The Bertz CT molecular complexity index is 312. The van der Waals surface area contributed by atoms with Gasteiger partial charge < -0.3 is 15.7 Å². The standard InChI is InChI=1S/C11H18N2O3/c1-7-3-6-12-8(7)9(14)13-11(10(15)16)4-2-5-11/h7-8,12H,2-6H2,1H3,(H,13,14)(H,15,16). The lowest BCUT2D eigenvalue weighted by Crippen LogP contribution is -2.62. The highest BCUT2D eigenvalue weighted by atomic mass is 16.4. The fourth-order valence-electron chi connectivity index (χ4n) is 2.42. The molecule has 1 amide bonds. The van der Waals surface area contributed by atoms with Crippen LogP contribution in [0.3, 0.4) is 0 Å². The quantitative estimate of drug-likeness (QED) is 0.638. The molecule has 1 saturated heterocycles. The van der Waals surface area contributed by atoms with Gasteiger partial charge in [-0.05, 0) is 38.1 Å². The Morgan fingerprint density at radius 3 is 2.50 bits per heavy atom. The second-order valence-electron chi connectivity index (χ2n) is 4.93. The molecule has 2 fully saturated rings. The Morgan fingerprint density at radius 2 is 2.12 bits per heavy atom. The second kappa shape index (κ2) is 4.05. The van der Waals surface area contributed by atoms with Gasteiger partial charge in [-0.3, -0.25) is 4.79 Å². The minimum atomic E-state index is -0.985. The molecule has 2 aliphatic rings. The summed E-state index contributed by atoms with van der Waals surface area (Å²) in [7, 11) is 0. The van der Waals surface area contributed by atoms with Crippen molar-refractivity contribution >= 4 is 11.9 Å². The highest BCUT2D eigenvalue weighted by Gasteiger charge is 2.47. The Kier molecular flexibility index (Phi) is 2.88. The molecule has 1 aliphatic carbocycles. The van der Waals surface area contributed by atoms with Crippen molar-refractivity contribution in [3.63, 3.8) is 0 Å². The molecule has 0 aromatic carbocycles. The number of aliphatic carboxylic acids is 1. The molecule has 2 unspecified atom stereocenters. The van der Waals surface area contributed by atoms with E-state index in [2.05, 4.69) is 10.6 Å². The number of rotatable bonds is 3. The molecule has 2 atom stereocenters. The summed E-state index contributed by atoms with van der Waals surface area (Å²) in [5.74, 6) is -0.782. The van der Waals surface area contributed by atoms with Gasteiger partial charge in [0.2, 0.25) is 5.91 Å². The van der Waals surface area contributed by atoms with E-state index in [4.69, 9.17) is 5.11 Å². The van der Waals surface area contributed by atoms with E-state index in [9.17, 15) is 9.59 Å². The third-order valence-corrected chi connectivity index (χ3v) is 3.79. The van der Waals surface area contributed by atoms with Gasteiger partial charge in [0, 0.05) is 0 Å². The van der Waals surface area contributed by atoms with Crippen molar-refractivity contribution in [2.75, 3.05) is 6.54 Å². The Hall–Kier alpha value is -1.10. The first kappa shape index (κ1) is 11.4. The molecular weight excluding hydrogens is 208 g/mol. The van der Waals surface area contributed by atoms with Crippen LogP contribution in [0.25, 0.3) is 0 Å². The zero-order valence-electron chi connectivity index (χ0n) is 9.45. The molecule has 90 valence electrons. The minimum Gasteiger partial charge on any atom is -0.480 e. The minimum absolute atomic E-state index is 0.160. The monoisotopic (exact) mass is 226 g/mol. The van der Waals surface area contributed by atoms with Gasteiger partial charge in [-0.2, -0.15) is 0 Å². The van der Waals surface area contributed by atoms with Crippen LogP contribution in [0.2, 0.25) is 0 Å². The number of hydrogen-bond acceptors (Lipinski definition) is 3. The highest BCUT2D eigenvalue weighted by Crippen LogP contribution is 2.32. The first-order valence-electron chi connectivity index (χ1n) is 5.84. The Morgan fingerprint density at radius 1 is 1.44 bits per heavy atom. The molecule has 0 bridgehead atoms. The summed E-state index contributed by atoms with van der Waals surface area (Å²) < 4.78 is 0. The molecular formula is C11H18N2O3. The third-order valence-electron chi connectivity index (χ3n) is 3.79. The van der Waals surface area contributed by atoms with Crippen LogP contribution in [-0.4, -0.2) is 35.1 Å². The lowest BCUT2D eigenvalue weighted by Gasteiger charge is -2.39. The maximum Gasteiger partial charge on any atom is 0.329 e. The van der Waals surface area contributed by atoms with Crippen LogP contribution in [0, 0.1) is 5.92 Å². The van der Waals surface area contributed by atoms with Gasteiger partial charge in [-0.15, -0.1) is 0 Å². The molecule has 2 rings (SSSR count). The van der Waals surface area contributed by atoms with Gasteiger partial charge in [0.15, 0.2) is 0 Å². The lowest BCUT2D eigenvalue weighted by atomic mass is 9.76. The van der Waals surface area contributed by atoms with E-state index in [1.807, 2.05) is 6.92 Å². The van der Waals surface area contributed by atoms with Crippen LogP contribution in [0.15, 0.2) is 0 Å². The van der Waals surface area contributed by atoms with Crippen molar-refractivity contribution in [2.45, 2.75) is 44.2 Å². The molecule has 1 heterocycles. The van der Waals surface area contributed by atoms with Crippen LogP contribution >= 0.6 is 0 Å². The third kappa shape index (κ3) is 1.80. The zero-order valence-corrected chi connectivity index (χ0v) is 9.45. The van der Waals surface area contributed by atoms with E-state index >= 15 is 0 Å². The van der Waals surface area contributed by atoms with Crippen LogP contribution in [0.4, 0.5) is 0 Å². The van der Waals surface area contributed by atoms with Crippen LogP contribution in [-0.2, 0) is 9.59 Å². The van der Waals surface area contributed by atoms with E-state index in [1.165, 1.54) is 0 Å². The molecule has 0 aromatic rings. The topological polar surface area (TPSA) is 78.4 Å². The summed E-state index contributed by atoms with van der Waals surface area (Å²) in [6.07, 6.45) is 2.95. The van der Waals surface area contributed by atoms with E-state index in [-0.39, 0.29) is 17.9 Å². The molecule has 3 N–H and O–H groups in total. The number of amides is 1. The number of carboxylic acid groups (broad SMARTS) is 1. The molecule has 0 spiro atoms. The summed E-state index contributed by atoms with van der Waals surface area (Å²) >= 11 is 0. The predicted octanol–water partition coefficient (Wildman–Crippen LogP) is 0.108. The average Bonchev–Trinajstić information content (AvgIpc) is 2.57. The molecule has 5 heteroatoms. The van der Waals surface area contributed by atoms with Crippen molar-refractivity contribution in [3.05, 3.63) is 0 Å². The van der Waals surface area contributed by atoms with Gasteiger partial charge in [0.1, 0.15) is 5.54 Å². The Labute approximate surface area is 94.6 Å². The Balaban J connectivity index is 1.98. The number of nitrogens with one attached hydrogen (secondary N) is 2. The predicted molar refractivity (Wildman–Crippen MR) is 57.9 cm³/mol. The molecule has 1 saturated carbocycles. The highest BCUT2D eigenvalue weighted by molar-refractivity contribution is 5.90. The van der Waals surface area contributed by atoms with E-state index in [0.717, 1.165) is 19.4 Å². The van der Waals surface area contributed by atoms with E-state index in [0.29, 0.717) is 12.8 Å². The van der Waals surface area contributed by atoms with Crippen molar-refractivity contribution in [3.8, 4) is 0 Å². The fraction of sp³-hybridized carbons (Fsp3) is 0.818. The second-order valence-corrected chi connectivity index (χ2v) is 4.93. The first-order chi connectivity index (χ1) is 7.55. The zero-order chi connectivity index (χ0) is 11.8. The average molecular weight is 226 g/mol. The first-order valence-corrected chi connectivity index (χ1v) is 5.84. The maximum absolute atomic E-state index is 11.9. The van der Waals surface area contributed by atoms with Crippen molar-refractivity contribution in [1.82, 2.24) is 10.6 Å². The van der Waals surface area contributed by atoms with Crippen LogP contribution in [0.5, 0.6) is 0 Å². The smallest absolute Gasteiger partial charge is 0.329 e. The number of hydrogen-bond donors (Lipinski definition) is 3. The van der Waals surface area contributed by atoms with Crippen LogP contribution in [0.1, 0.15) is 32.6 Å². The SMILES string of the molecule is CC1CCNC1C(=O)NC1(C(=O)O)CCC1. The summed E-state index contributed by atoms with van der Waals surface area (Å²) in [5.41, 5.74) is -0.985. The van der Waals surface area contributed by atoms with Gasteiger partial charge >= 0.3 is 5.97 Å². The molecule has 16 heavy (non-hydrogen) atoms. The molecule has 5 nitrogen and oxygen atoms in total. The number of carbonyl (C=O) groups excluding carboxylic acids is 1. The van der Waals surface area contributed by atoms with Gasteiger partial charge in [0.25, 0.3) is 0 Å². The van der Waals surface area contributed by atoms with Crippen molar-refractivity contribution in [2.24, 2.45) is 5.92 Å².